The van der Waals surface area contributed by atoms with Crippen molar-refractivity contribution in [3.8, 4) is 0 Å². The third-order valence-electron chi connectivity index (χ3n) is 4.30. The number of aliphatic hydroxyl groups excluding tert-OH is 1. The van der Waals surface area contributed by atoms with Crippen LogP contribution in [0.2, 0.25) is 0 Å². The number of rotatable bonds is 5. The Bertz CT molecular complexity index is 641. The normalized spacial score (nSPS) is 25.3. The summed E-state index contributed by atoms with van der Waals surface area (Å²) in [6.45, 7) is 3.71. The Morgan fingerprint density at radius 1 is 0.875 bits per heavy atom. The van der Waals surface area contributed by atoms with Crippen LogP contribution in [0.5, 0.6) is 0 Å². The molecule has 2 aromatic carbocycles. The standard InChI is InChI=1S/C20H24O4/c1-20(2)23-18(16(21)14-10-6-4-7-11-14)19(24-20)17(22-3)15-12-8-5-9-13-15/h4-13,16-19,21H,1-3H3/t16-,17?,18+,19?/m1/s1. The van der Waals surface area contributed by atoms with Crippen LogP contribution in [0.1, 0.15) is 37.2 Å². The number of hydrogen-bond acceptors (Lipinski definition) is 4. The molecule has 0 saturated carbocycles. The third-order valence-corrected chi connectivity index (χ3v) is 4.30. The second kappa shape index (κ2) is 7.03. The van der Waals surface area contributed by atoms with Gasteiger partial charge in [-0.15, -0.1) is 0 Å². The highest BCUT2D eigenvalue weighted by molar-refractivity contribution is 5.23. The average Bonchev–Trinajstić information content (AvgIpc) is 2.92. The lowest BCUT2D eigenvalue weighted by atomic mass is 9.94. The van der Waals surface area contributed by atoms with Crippen molar-refractivity contribution in [2.75, 3.05) is 7.11 Å². The van der Waals surface area contributed by atoms with Crippen LogP contribution in [0.3, 0.4) is 0 Å². The number of ether oxygens (including phenoxy) is 3. The Morgan fingerprint density at radius 3 is 1.92 bits per heavy atom. The lowest BCUT2D eigenvalue weighted by Gasteiger charge is -2.28. The Morgan fingerprint density at radius 2 is 1.38 bits per heavy atom. The fourth-order valence-electron chi connectivity index (χ4n) is 3.24. The summed E-state index contributed by atoms with van der Waals surface area (Å²) in [6, 6.07) is 19.4. The van der Waals surface area contributed by atoms with Crippen LogP contribution < -0.4 is 0 Å². The van der Waals surface area contributed by atoms with Crippen LogP contribution in [0.4, 0.5) is 0 Å². The highest BCUT2D eigenvalue weighted by Gasteiger charge is 2.49. The zero-order valence-corrected chi connectivity index (χ0v) is 14.3. The molecule has 0 spiro atoms. The highest BCUT2D eigenvalue weighted by atomic mass is 16.8. The van der Waals surface area contributed by atoms with Crippen LogP contribution >= 0.6 is 0 Å². The van der Waals surface area contributed by atoms with Crippen LogP contribution in [0.25, 0.3) is 0 Å². The summed E-state index contributed by atoms with van der Waals surface area (Å²) in [5.74, 6) is -0.781. The molecule has 0 radical (unpaired) electrons. The molecule has 0 bridgehead atoms. The van der Waals surface area contributed by atoms with E-state index < -0.39 is 24.1 Å². The predicted octanol–water partition coefficient (Wildman–Crippen LogP) is 3.63. The molecule has 3 rings (SSSR count). The molecular weight excluding hydrogens is 304 g/mol. The monoisotopic (exact) mass is 328 g/mol. The quantitative estimate of drug-likeness (QED) is 0.910. The Hall–Kier alpha value is -1.72. The summed E-state index contributed by atoms with van der Waals surface area (Å²) in [5, 5.41) is 10.9. The average molecular weight is 328 g/mol. The molecule has 2 aromatic rings. The van der Waals surface area contributed by atoms with Crippen LogP contribution in [-0.2, 0) is 14.2 Å². The maximum absolute atomic E-state index is 10.9. The summed E-state index contributed by atoms with van der Waals surface area (Å²) in [4.78, 5) is 0. The zero-order chi connectivity index (χ0) is 17.2. The van der Waals surface area contributed by atoms with E-state index in [-0.39, 0.29) is 6.10 Å². The van der Waals surface area contributed by atoms with Gasteiger partial charge in [-0.05, 0) is 25.0 Å². The summed E-state index contributed by atoms with van der Waals surface area (Å²) in [6.07, 6.45) is -2.05. The lowest BCUT2D eigenvalue weighted by molar-refractivity contribution is -0.162. The van der Waals surface area contributed by atoms with E-state index in [1.807, 2.05) is 74.5 Å². The topological polar surface area (TPSA) is 47.9 Å². The molecule has 1 heterocycles. The van der Waals surface area contributed by atoms with Gasteiger partial charge in [-0.3, -0.25) is 0 Å². The van der Waals surface area contributed by atoms with Crippen LogP contribution in [0, 0.1) is 0 Å². The number of benzene rings is 2. The molecule has 4 heteroatoms. The van der Waals surface area contributed by atoms with Crippen molar-refractivity contribution in [1.29, 1.82) is 0 Å². The molecule has 1 aliphatic heterocycles. The second-order valence-corrected chi connectivity index (χ2v) is 6.49. The largest absolute Gasteiger partial charge is 0.386 e. The van der Waals surface area contributed by atoms with Crippen LogP contribution in [-0.4, -0.2) is 30.2 Å². The Labute approximate surface area is 143 Å². The van der Waals surface area contributed by atoms with E-state index in [1.54, 1.807) is 7.11 Å². The van der Waals surface area contributed by atoms with Gasteiger partial charge in [-0.25, -0.2) is 0 Å². The molecular formula is C20H24O4. The van der Waals surface area contributed by atoms with E-state index in [0.717, 1.165) is 11.1 Å². The van der Waals surface area contributed by atoms with Gasteiger partial charge in [0.2, 0.25) is 0 Å². The SMILES string of the molecule is COC(c1ccccc1)C1OC(C)(C)O[C@H]1[C@H](O)c1ccccc1. The first kappa shape index (κ1) is 17.1. The number of aliphatic hydroxyl groups is 1. The van der Waals surface area contributed by atoms with Gasteiger partial charge in [-0.2, -0.15) is 0 Å². The number of methoxy groups -OCH3 is 1. The van der Waals surface area contributed by atoms with Crippen molar-refractivity contribution in [3.05, 3.63) is 71.8 Å². The van der Waals surface area contributed by atoms with Gasteiger partial charge in [0.1, 0.15) is 24.4 Å². The predicted molar refractivity (Wildman–Crippen MR) is 91.4 cm³/mol. The van der Waals surface area contributed by atoms with Gasteiger partial charge in [0.15, 0.2) is 5.79 Å². The van der Waals surface area contributed by atoms with E-state index in [0.29, 0.717) is 0 Å². The minimum atomic E-state index is -0.792. The van der Waals surface area contributed by atoms with Crippen molar-refractivity contribution in [3.63, 3.8) is 0 Å². The molecule has 0 amide bonds. The molecule has 1 N–H and O–H groups in total. The van der Waals surface area contributed by atoms with Crippen molar-refractivity contribution in [2.24, 2.45) is 0 Å². The molecule has 128 valence electrons. The molecule has 24 heavy (non-hydrogen) atoms. The first-order valence-corrected chi connectivity index (χ1v) is 8.18. The first-order valence-electron chi connectivity index (χ1n) is 8.18. The van der Waals surface area contributed by atoms with Crippen molar-refractivity contribution < 1.29 is 19.3 Å². The van der Waals surface area contributed by atoms with Gasteiger partial charge in [-0.1, -0.05) is 60.7 Å². The molecule has 4 atom stereocenters. The fourth-order valence-corrected chi connectivity index (χ4v) is 3.24. The molecule has 2 unspecified atom stereocenters. The van der Waals surface area contributed by atoms with Crippen molar-refractivity contribution in [2.45, 2.75) is 44.1 Å². The Kier molecular flexibility index (Phi) is 5.01. The molecule has 1 aliphatic rings. The van der Waals surface area contributed by atoms with E-state index in [1.165, 1.54) is 0 Å². The minimum absolute atomic E-state index is 0.323. The summed E-state index contributed by atoms with van der Waals surface area (Å²) in [7, 11) is 1.65. The maximum atomic E-state index is 10.9. The molecule has 1 fully saturated rings. The van der Waals surface area contributed by atoms with E-state index in [4.69, 9.17) is 14.2 Å². The smallest absolute Gasteiger partial charge is 0.164 e. The van der Waals surface area contributed by atoms with E-state index in [2.05, 4.69) is 0 Å². The van der Waals surface area contributed by atoms with Crippen molar-refractivity contribution >= 4 is 0 Å². The van der Waals surface area contributed by atoms with Gasteiger partial charge in [0.25, 0.3) is 0 Å². The molecule has 0 aliphatic carbocycles. The Balaban J connectivity index is 1.91. The van der Waals surface area contributed by atoms with Crippen LogP contribution in [0.15, 0.2) is 60.7 Å². The summed E-state index contributed by atoms with van der Waals surface area (Å²) < 4.78 is 17.8. The minimum Gasteiger partial charge on any atom is -0.386 e. The van der Waals surface area contributed by atoms with Gasteiger partial charge in [0, 0.05) is 7.11 Å². The summed E-state index contributed by atoms with van der Waals surface area (Å²) >= 11 is 0. The maximum Gasteiger partial charge on any atom is 0.164 e. The van der Waals surface area contributed by atoms with E-state index in [9.17, 15) is 5.11 Å². The van der Waals surface area contributed by atoms with Gasteiger partial charge < -0.3 is 19.3 Å². The molecule has 0 aromatic heterocycles. The molecule has 1 saturated heterocycles. The van der Waals surface area contributed by atoms with Crippen molar-refractivity contribution in [1.82, 2.24) is 0 Å². The zero-order valence-electron chi connectivity index (χ0n) is 14.3. The van der Waals surface area contributed by atoms with E-state index >= 15 is 0 Å². The second-order valence-electron chi connectivity index (χ2n) is 6.49. The van der Waals surface area contributed by atoms with Gasteiger partial charge in [0.05, 0.1) is 0 Å². The summed E-state index contributed by atoms with van der Waals surface area (Å²) in [5.41, 5.74) is 1.80. The lowest BCUT2D eigenvalue weighted by Crippen LogP contribution is -2.35. The molecule has 4 nitrogen and oxygen atoms in total. The number of hydrogen-bond donors (Lipinski definition) is 1. The first-order chi connectivity index (χ1) is 11.5. The highest BCUT2D eigenvalue weighted by Crippen LogP contribution is 2.41. The third kappa shape index (κ3) is 3.52. The van der Waals surface area contributed by atoms with Gasteiger partial charge >= 0.3 is 0 Å². The fraction of sp³-hybridized carbons (Fsp3) is 0.400.